The Labute approximate surface area is 183 Å². The summed E-state index contributed by atoms with van der Waals surface area (Å²) in [6.07, 6.45) is 3.99. The number of benzene rings is 2. The highest BCUT2D eigenvalue weighted by atomic mass is 32.2. The Morgan fingerprint density at radius 1 is 1.00 bits per heavy atom. The molecule has 4 rings (SSSR count). The van der Waals surface area contributed by atoms with Crippen molar-refractivity contribution in [3.05, 3.63) is 47.5 Å². The second kappa shape index (κ2) is 8.88. The van der Waals surface area contributed by atoms with Gasteiger partial charge in [0.2, 0.25) is 15.9 Å². The van der Waals surface area contributed by atoms with Gasteiger partial charge < -0.3 is 14.8 Å². The minimum Gasteiger partial charge on any atom is -0.497 e. The Morgan fingerprint density at radius 2 is 1.74 bits per heavy atom. The molecule has 1 fully saturated rings. The Kier molecular flexibility index (Phi) is 6.20. The lowest BCUT2D eigenvalue weighted by atomic mass is 9.97. The van der Waals surface area contributed by atoms with Crippen molar-refractivity contribution in [1.82, 2.24) is 4.31 Å². The third-order valence-corrected chi connectivity index (χ3v) is 8.09. The number of sulfonamides is 1. The molecule has 0 aromatic heterocycles. The van der Waals surface area contributed by atoms with Crippen LogP contribution in [-0.4, -0.2) is 45.9 Å². The smallest absolute Gasteiger partial charge is 0.243 e. The van der Waals surface area contributed by atoms with Crippen molar-refractivity contribution in [3.63, 3.8) is 0 Å². The van der Waals surface area contributed by atoms with Crippen LogP contribution in [0.3, 0.4) is 0 Å². The molecule has 0 saturated carbocycles. The second-order valence-electron chi connectivity index (χ2n) is 8.02. The van der Waals surface area contributed by atoms with Crippen molar-refractivity contribution < 1.29 is 22.7 Å². The number of ether oxygens (including phenoxy) is 2. The number of amides is 1. The maximum absolute atomic E-state index is 13.1. The van der Waals surface area contributed by atoms with E-state index < -0.39 is 10.0 Å². The normalized spacial score (nSPS) is 17.2. The first-order valence-corrected chi connectivity index (χ1v) is 12.0. The van der Waals surface area contributed by atoms with Gasteiger partial charge in [-0.05, 0) is 67.5 Å². The number of anilines is 1. The van der Waals surface area contributed by atoms with E-state index in [1.54, 1.807) is 38.5 Å². The number of nitrogens with zero attached hydrogens (tertiary/aromatic N) is 1. The molecule has 2 aromatic rings. The van der Waals surface area contributed by atoms with Gasteiger partial charge in [-0.3, -0.25) is 4.79 Å². The summed E-state index contributed by atoms with van der Waals surface area (Å²) in [6, 6.07) is 10.7. The highest BCUT2D eigenvalue weighted by Gasteiger charge is 2.33. The molecule has 166 valence electrons. The molecule has 1 saturated heterocycles. The summed E-state index contributed by atoms with van der Waals surface area (Å²) in [7, 11) is -0.445. The number of aryl methyl sites for hydroxylation is 2. The number of rotatable bonds is 6. The van der Waals surface area contributed by atoms with Crippen molar-refractivity contribution in [2.45, 2.75) is 37.0 Å². The molecule has 1 aliphatic heterocycles. The van der Waals surface area contributed by atoms with E-state index in [9.17, 15) is 13.2 Å². The second-order valence-corrected chi connectivity index (χ2v) is 9.96. The van der Waals surface area contributed by atoms with Gasteiger partial charge in [0.15, 0.2) is 0 Å². The number of nitrogens with one attached hydrogen (secondary N) is 1. The van der Waals surface area contributed by atoms with Gasteiger partial charge >= 0.3 is 0 Å². The fraction of sp³-hybridized carbons (Fsp3) is 0.435. The van der Waals surface area contributed by atoms with Gasteiger partial charge in [-0.2, -0.15) is 4.31 Å². The zero-order chi connectivity index (χ0) is 22.0. The molecule has 0 radical (unpaired) electrons. The summed E-state index contributed by atoms with van der Waals surface area (Å²) in [5.74, 6) is 0.764. The van der Waals surface area contributed by atoms with Gasteiger partial charge in [0.1, 0.15) is 11.5 Å². The summed E-state index contributed by atoms with van der Waals surface area (Å²) in [5, 5.41) is 2.91. The lowest BCUT2D eigenvalue weighted by Gasteiger charge is -2.30. The van der Waals surface area contributed by atoms with Crippen molar-refractivity contribution in [2.75, 3.05) is 32.6 Å². The molecule has 1 heterocycles. The fourth-order valence-corrected chi connectivity index (χ4v) is 5.88. The van der Waals surface area contributed by atoms with Gasteiger partial charge in [0, 0.05) is 25.1 Å². The first-order chi connectivity index (χ1) is 14.9. The molecule has 1 amide bonds. The van der Waals surface area contributed by atoms with Crippen LogP contribution in [0.15, 0.2) is 41.3 Å². The number of carbonyl (C=O) groups is 1. The van der Waals surface area contributed by atoms with E-state index in [0.717, 1.165) is 24.8 Å². The van der Waals surface area contributed by atoms with Crippen molar-refractivity contribution in [2.24, 2.45) is 5.92 Å². The van der Waals surface area contributed by atoms with Crippen LogP contribution in [0, 0.1) is 5.92 Å². The van der Waals surface area contributed by atoms with Gasteiger partial charge in [-0.25, -0.2) is 8.42 Å². The van der Waals surface area contributed by atoms with E-state index in [-0.39, 0.29) is 11.8 Å². The van der Waals surface area contributed by atoms with Crippen molar-refractivity contribution in [1.29, 1.82) is 0 Å². The number of methoxy groups -OCH3 is 2. The molecule has 0 bridgehead atoms. The van der Waals surface area contributed by atoms with E-state index >= 15 is 0 Å². The van der Waals surface area contributed by atoms with E-state index in [2.05, 4.69) is 5.32 Å². The largest absolute Gasteiger partial charge is 0.497 e. The molecule has 1 aliphatic carbocycles. The molecule has 8 heteroatoms. The lowest BCUT2D eigenvalue weighted by Crippen LogP contribution is -2.41. The molecule has 2 aromatic carbocycles. The average molecular weight is 445 g/mol. The Balaban J connectivity index is 1.41. The van der Waals surface area contributed by atoms with Crippen LogP contribution in [0.5, 0.6) is 11.5 Å². The lowest BCUT2D eigenvalue weighted by molar-refractivity contribution is -0.120. The van der Waals surface area contributed by atoms with Crippen LogP contribution in [-0.2, 0) is 27.7 Å². The van der Waals surface area contributed by atoms with Crippen LogP contribution in [0.4, 0.5) is 5.69 Å². The first-order valence-electron chi connectivity index (χ1n) is 10.6. The van der Waals surface area contributed by atoms with E-state index in [1.807, 2.05) is 12.1 Å². The molecule has 2 aliphatic rings. The predicted molar refractivity (Wildman–Crippen MR) is 118 cm³/mol. The van der Waals surface area contributed by atoms with Gasteiger partial charge in [0.05, 0.1) is 24.8 Å². The van der Waals surface area contributed by atoms with Crippen LogP contribution < -0.4 is 14.8 Å². The van der Waals surface area contributed by atoms with Crippen molar-refractivity contribution in [3.8, 4) is 11.5 Å². The Hall–Kier alpha value is -2.58. The SMILES string of the molecule is COc1ccc(OC)c(NC(=O)C2CCN(S(=O)(=O)c3ccc4c(c3)CCC4)CC2)c1. The topological polar surface area (TPSA) is 84.9 Å². The van der Waals surface area contributed by atoms with Gasteiger partial charge in [0.25, 0.3) is 0 Å². The van der Waals surface area contributed by atoms with E-state index in [0.29, 0.717) is 48.0 Å². The number of piperidine rings is 1. The number of carbonyl (C=O) groups excluding carboxylic acids is 1. The minimum atomic E-state index is -3.55. The summed E-state index contributed by atoms with van der Waals surface area (Å²) < 4.78 is 38.2. The third kappa shape index (κ3) is 4.41. The van der Waals surface area contributed by atoms with Crippen LogP contribution in [0.2, 0.25) is 0 Å². The minimum absolute atomic E-state index is 0.138. The molecule has 7 nitrogen and oxygen atoms in total. The average Bonchev–Trinajstić information content (AvgIpc) is 3.27. The van der Waals surface area contributed by atoms with Gasteiger partial charge in [-0.1, -0.05) is 6.07 Å². The fourth-order valence-electron chi connectivity index (χ4n) is 4.36. The highest BCUT2D eigenvalue weighted by molar-refractivity contribution is 7.89. The summed E-state index contributed by atoms with van der Waals surface area (Å²) in [5.41, 5.74) is 2.94. The quantitative estimate of drug-likeness (QED) is 0.739. The molecule has 0 atom stereocenters. The Bertz CT molecular complexity index is 1080. The molecule has 0 spiro atoms. The Morgan fingerprint density at radius 3 is 2.45 bits per heavy atom. The summed E-state index contributed by atoms with van der Waals surface area (Å²) in [4.78, 5) is 13.2. The van der Waals surface area contributed by atoms with Crippen LogP contribution >= 0.6 is 0 Å². The monoisotopic (exact) mass is 444 g/mol. The molecule has 31 heavy (non-hydrogen) atoms. The predicted octanol–water partition coefficient (Wildman–Crippen LogP) is 3.23. The standard InChI is InChI=1S/C23H28N2O5S/c1-29-19-7-9-22(30-2)21(15-19)24-23(26)17-10-12-25(13-11-17)31(27,28)20-8-6-16-4-3-5-18(16)14-20/h6-9,14-15,17H,3-5,10-13H2,1-2H3,(H,24,26). The van der Waals surface area contributed by atoms with E-state index in [4.69, 9.17) is 9.47 Å². The summed E-state index contributed by atoms with van der Waals surface area (Å²) in [6.45, 7) is 0.652. The third-order valence-electron chi connectivity index (χ3n) is 6.20. The highest BCUT2D eigenvalue weighted by Crippen LogP contribution is 2.32. The molecule has 0 unspecified atom stereocenters. The molecular weight excluding hydrogens is 416 g/mol. The van der Waals surface area contributed by atoms with Crippen LogP contribution in [0.25, 0.3) is 0 Å². The zero-order valence-corrected chi connectivity index (χ0v) is 18.7. The van der Waals surface area contributed by atoms with E-state index in [1.165, 1.54) is 9.87 Å². The number of hydrogen-bond donors (Lipinski definition) is 1. The maximum atomic E-state index is 13.1. The maximum Gasteiger partial charge on any atom is 0.243 e. The number of fused-ring (bicyclic) bond motifs is 1. The van der Waals surface area contributed by atoms with Gasteiger partial charge in [-0.15, -0.1) is 0 Å². The van der Waals surface area contributed by atoms with Crippen molar-refractivity contribution >= 4 is 21.6 Å². The zero-order valence-electron chi connectivity index (χ0n) is 17.9. The van der Waals surface area contributed by atoms with Crippen LogP contribution in [0.1, 0.15) is 30.4 Å². The first kappa shape index (κ1) is 21.6. The number of hydrogen-bond acceptors (Lipinski definition) is 5. The summed E-state index contributed by atoms with van der Waals surface area (Å²) >= 11 is 0. The molecule has 1 N–H and O–H groups in total. The molecular formula is C23H28N2O5S.